The lowest BCUT2D eigenvalue weighted by Gasteiger charge is -2.32. The maximum atomic E-state index is 14.9. The average Bonchev–Trinajstić information content (AvgIpc) is 2.73. The lowest BCUT2D eigenvalue weighted by atomic mass is 9.98. The SMILES string of the molecule is CC(C)C1=C(P(=O)(c2ccccc2)c2ccccc2)c2ccccc2OC1. The van der Waals surface area contributed by atoms with E-state index in [1.165, 1.54) is 0 Å². The number of fused-ring (bicyclic) bond motifs is 1. The maximum absolute atomic E-state index is 14.9. The van der Waals surface area contributed by atoms with Crippen LogP contribution in [0, 0.1) is 5.92 Å². The van der Waals surface area contributed by atoms with Crippen LogP contribution < -0.4 is 15.3 Å². The van der Waals surface area contributed by atoms with Crippen molar-refractivity contribution in [2.75, 3.05) is 6.61 Å². The molecule has 1 heterocycles. The fourth-order valence-electron chi connectivity index (χ4n) is 3.68. The molecule has 0 aromatic heterocycles. The first kappa shape index (κ1) is 17.8. The topological polar surface area (TPSA) is 26.3 Å². The van der Waals surface area contributed by atoms with Crippen LogP contribution in [0.3, 0.4) is 0 Å². The van der Waals surface area contributed by atoms with Crippen molar-refractivity contribution in [2.24, 2.45) is 5.92 Å². The number of para-hydroxylation sites is 1. The number of hydrogen-bond donors (Lipinski definition) is 0. The van der Waals surface area contributed by atoms with Crippen molar-refractivity contribution in [1.82, 2.24) is 0 Å². The molecule has 0 saturated carbocycles. The Bertz CT molecular complexity index is 977. The lowest BCUT2D eigenvalue weighted by Crippen LogP contribution is -2.23. The molecule has 0 spiro atoms. The molecule has 0 unspecified atom stereocenters. The summed E-state index contributed by atoms with van der Waals surface area (Å²) in [6, 6.07) is 27.7. The fourth-order valence-corrected chi connectivity index (χ4v) is 6.93. The normalized spacial score (nSPS) is 14.0. The Morgan fingerprint density at radius 3 is 1.85 bits per heavy atom. The Labute approximate surface area is 160 Å². The van der Waals surface area contributed by atoms with Gasteiger partial charge in [0.1, 0.15) is 12.4 Å². The van der Waals surface area contributed by atoms with Gasteiger partial charge in [-0.15, -0.1) is 0 Å². The monoisotopic (exact) mass is 374 g/mol. The second kappa shape index (κ2) is 7.21. The summed E-state index contributed by atoms with van der Waals surface area (Å²) < 4.78 is 21.0. The Balaban J connectivity index is 2.09. The average molecular weight is 374 g/mol. The van der Waals surface area contributed by atoms with Gasteiger partial charge in [0.2, 0.25) is 0 Å². The van der Waals surface area contributed by atoms with Crippen LogP contribution in [0.25, 0.3) is 5.31 Å². The Hall–Kier alpha value is -2.57. The molecule has 3 heteroatoms. The molecule has 0 saturated heterocycles. The summed E-state index contributed by atoms with van der Waals surface area (Å²) in [7, 11) is -3.04. The van der Waals surface area contributed by atoms with Crippen molar-refractivity contribution < 1.29 is 9.30 Å². The van der Waals surface area contributed by atoms with Gasteiger partial charge in [-0.3, -0.25) is 0 Å². The Morgan fingerprint density at radius 1 is 0.778 bits per heavy atom. The van der Waals surface area contributed by atoms with Gasteiger partial charge in [-0.1, -0.05) is 92.7 Å². The van der Waals surface area contributed by atoms with Crippen molar-refractivity contribution in [3.8, 4) is 5.75 Å². The van der Waals surface area contributed by atoms with Gasteiger partial charge in [-0.05, 0) is 17.6 Å². The van der Waals surface area contributed by atoms with E-state index in [1.54, 1.807) is 0 Å². The number of rotatable bonds is 4. The van der Waals surface area contributed by atoms with Crippen LogP contribution >= 0.6 is 7.14 Å². The molecule has 1 aliphatic rings. The molecule has 3 aromatic rings. The van der Waals surface area contributed by atoms with Crippen LogP contribution in [0.15, 0.2) is 90.5 Å². The van der Waals surface area contributed by atoms with Crippen LogP contribution in [0.2, 0.25) is 0 Å². The van der Waals surface area contributed by atoms with E-state index < -0.39 is 7.14 Å². The molecule has 0 atom stereocenters. The second-order valence-electron chi connectivity index (χ2n) is 7.09. The predicted molar refractivity (Wildman–Crippen MR) is 113 cm³/mol. The fraction of sp³-hybridized carbons (Fsp3) is 0.167. The highest BCUT2D eigenvalue weighted by molar-refractivity contribution is 7.87. The molecule has 0 aliphatic carbocycles. The van der Waals surface area contributed by atoms with E-state index in [0.717, 1.165) is 32.8 Å². The zero-order valence-electron chi connectivity index (χ0n) is 15.6. The summed E-state index contributed by atoms with van der Waals surface area (Å²) >= 11 is 0. The second-order valence-corrected chi connectivity index (χ2v) is 9.79. The van der Waals surface area contributed by atoms with Crippen molar-refractivity contribution in [2.45, 2.75) is 13.8 Å². The molecule has 3 aromatic carbocycles. The Morgan fingerprint density at radius 2 is 1.30 bits per heavy atom. The van der Waals surface area contributed by atoms with Gasteiger partial charge in [0, 0.05) is 21.5 Å². The minimum absolute atomic E-state index is 0.245. The summed E-state index contributed by atoms with van der Waals surface area (Å²) in [6.07, 6.45) is 0. The molecule has 4 rings (SSSR count). The first-order chi connectivity index (χ1) is 13.1. The summed E-state index contributed by atoms with van der Waals surface area (Å²) in [5, 5.41) is 2.67. The van der Waals surface area contributed by atoms with E-state index in [-0.39, 0.29) is 5.92 Å². The molecule has 0 N–H and O–H groups in total. The molecule has 0 radical (unpaired) electrons. The van der Waals surface area contributed by atoms with Gasteiger partial charge < -0.3 is 9.30 Å². The molecule has 0 amide bonds. The van der Waals surface area contributed by atoms with Gasteiger partial charge in [0.05, 0.1) is 0 Å². The molecule has 27 heavy (non-hydrogen) atoms. The van der Waals surface area contributed by atoms with Crippen molar-refractivity contribution >= 4 is 23.1 Å². The number of benzene rings is 3. The summed E-state index contributed by atoms with van der Waals surface area (Å²) in [6.45, 7) is 4.77. The van der Waals surface area contributed by atoms with Gasteiger partial charge in [-0.25, -0.2) is 0 Å². The molecular formula is C24H23O2P. The van der Waals surface area contributed by atoms with Gasteiger partial charge in [-0.2, -0.15) is 0 Å². The highest BCUT2D eigenvalue weighted by Crippen LogP contribution is 2.61. The van der Waals surface area contributed by atoms with Gasteiger partial charge >= 0.3 is 0 Å². The van der Waals surface area contributed by atoms with Crippen molar-refractivity contribution in [3.05, 3.63) is 96.1 Å². The highest BCUT2D eigenvalue weighted by Gasteiger charge is 2.38. The van der Waals surface area contributed by atoms with E-state index in [4.69, 9.17) is 4.74 Å². The van der Waals surface area contributed by atoms with Gasteiger partial charge in [0.15, 0.2) is 7.14 Å². The molecule has 0 bridgehead atoms. The molecular weight excluding hydrogens is 351 g/mol. The van der Waals surface area contributed by atoms with Crippen LogP contribution in [-0.4, -0.2) is 6.61 Å². The summed E-state index contributed by atoms with van der Waals surface area (Å²) in [5.74, 6) is 1.05. The van der Waals surface area contributed by atoms with E-state index >= 15 is 0 Å². The first-order valence-electron chi connectivity index (χ1n) is 9.29. The minimum Gasteiger partial charge on any atom is -0.489 e. The zero-order valence-corrected chi connectivity index (χ0v) is 16.5. The van der Waals surface area contributed by atoms with E-state index in [0.29, 0.717) is 6.61 Å². The summed E-state index contributed by atoms with van der Waals surface area (Å²) in [5.41, 5.74) is 2.06. The quantitative estimate of drug-likeness (QED) is 0.567. The van der Waals surface area contributed by atoms with E-state index in [9.17, 15) is 4.57 Å². The van der Waals surface area contributed by atoms with Gasteiger partial charge in [0.25, 0.3) is 0 Å². The lowest BCUT2D eigenvalue weighted by molar-refractivity contribution is 0.334. The number of ether oxygens (including phenoxy) is 1. The summed E-state index contributed by atoms with van der Waals surface area (Å²) in [4.78, 5) is 0. The third-order valence-corrected chi connectivity index (χ3v) is 8.29. The highest BCUT2D eigenvalue weighted by atomic mass is 31.2. The smallest absolute Gasteiger partial charge is 0.171 e. The largest absolute Gasteiger partial charge is 0.489 e. The zero-order chi connectivity index (χ0) is 18.9. The minimum atomic E-state index is -3.04. The third kappa shape index (κ3) is 3.05. The van der Waals surface area contributed by atoms with Crippen LogP contribution in [0.4, 0.5) is 0 Å². The van der Waals surface area contributed by atoms with E-state index in [2.05, 4.69) is 13.8 Å². The molecule has 1 aliphatic heterocycles. The van der Waals surface area contributed by atoms with Crippen molar-refractivity contribution in [3.63, 3.8) is 0 Å². The Kier molecular flexibility index (Phi) is 4.76. The van der Waals surface area contributed by atoms with Crippen LogP contribution in [-0.2, 0) is 4.57 Å². The molecule has 0 fully saturated rings. The van der Waals surface area contributed by atoms with Crippen molar-refractivity contribution in [1.29, 1.82) is 0 Å². The maximum Gasteiger partial charge on any atom is 0.171 e. The standard InChI is InChI=1S/C24H23O2P/c1-18(2)22-17-26-23-16-10-9-15-21(23)24(22)27(25,19-11-5-3-6-12-19)20-13-7-4-8-14-20/h3-16,18H,17H2,1-2H3. The molecule has 2 nitrogen and oxygen atoms in total. The molecule has 136 valence electrons. The number of hydrogen-bond acceptors (Lipinski definition) is 2. The van der Waals surface area contributed by atoms with Crippen LogP contribution in [0.5, 0.6) is 5.75 Å². The van der Waals surface area contributed by atoms with E-state index in [1.807, 2.05) is 84.9 Å². The first-order valence-corrected chi connectivity index (χ1v) is 11.0. The third-order valence-electron chi connectivity index (χ3n) is 5.08. The predicted octanol–water partition coefficient (Wildman–Crippen LogP) is 5.46. The van der Waals surface area contributed by atoms with Crippen LogP contribution in [0.1, 0.15) is 19.4 Å².